The zero-order chi connectivity index (χ0) is 21.4. The van der Waals surface area contributed by atoms with E-state index in [0.717, 1.165) is 36.2 Å². The Morgan fingerprint density at radius 2 is 1.79 bits per heavy atom. The molecule has 1 aromatic heterocycles. The van der Waals surface area contributed by atoms with Gasteiger partial charge < -0.3 is 10.1 Å². The number of aryl methyl sites for hydroxylation is 2. The fraction of sp³-hybridized carbons (Fsp3) is 0.650. The highest BCUT2D eigenvalue weighted by Gasteiger charge is 2.23. The number of urea groups is 1. The summed E-state index contributed by atoms with van der Waals surface area (Å²) >= 11 is 1.47. The minimum atomic E-state index is -0.640. The molecule has 2 atom stereocenters. The van der Waals surface area contributed by atoms with E-state index in [9.17, 15) is 14.4 Å². The van der Waals surface area contributed by atoms with Crippen LogP contribution >= 0.6 is 11.8 Å². The molecule has 2 rings (SSSR count). The summed E-state index contributed by atoms with van der Waals surface area (Å²) in [6.07, 6.45) is 6.69. The highest BCUT2D eigenvalue weighted by molar-refractivity contribution is 7.98. The van der Waals surface area contributed by atoms with Crippen molar-refractivity contribution in [2.75, 3.05) is 12.9 Å². The summed E-state index contributed by atoms with van der Waals surface area (Å²) in [4.78, 5) is 44.5. The zero-order valence-corrected chi connectivity index (χ0v) is 18.4. The predicted molar refractivity (Wildman–Crippen MR) is 111 cm³/mol. The smallest absolute Gasteiger partial charge is 0.321 e. The van der Waals surface area contributed by atoms with Crippen LogP contribution in [0.2, 0.25) is 0 Å². The van der Waals surface area contributed by atoms with Crippen LogP contribution < -0.4 is 10.6 Å². The molecule has 1 aromatic rings. The van der Waals surface area contributed by atoms with Crippen molar-refractivity contribution < 1.29 is 19.1 Å². The Labute approximate surface area is 176 Å². The number of amides is 3. The first-order valence-corrected chi connectivity index (χ1v) is 11.2. The fourth-order valence-electron chi connectivity index (χ4n) is 3.50. The lowest BCUT2D eigenvalue weighted by molar-refractivity contribution is -0.148. The lowest BCUT2D eigenvalue weighted by Gasteiger charge is -2.29. The second-order valence-corrected chi connectivity index (χ2v) is 8.18. The average molecular weight is 423 g/mol. The number of hydrogen-bond donors (Lipinski definition) is 2. The number of carbonyl (C=O) groups is 3. The first-order chi connectivity index (χ1) is 13.8. The largest absolute Gasteiger partial charge is 0.456 e. The van der Waals surface area contributed by atoms with Crippen molar-refractivity contribution in [2.24, 2.45) is 5.92 Å². The molecule has 8 nitrogen and oxygen atoms in total. The Hall–Kier alpha value is -2.16. The Kier molecular flexibility index (Phi) is 8.88. The minimum absolute atomic E-state index is 0.0743. The molecule has 0 aliphatic heterocycles. The number of aromatic nitrogens is 2. The van der Waals surface area contributed by atoms with Gasteiger partial charge in [-0.25, -0.2) is 14.8 Å². The molecule has 0 spiro atoms. The summed E-state index contributed by atoms with van der Waals surface area (Å²) in [5, 5.41) is 5.75. The van der Waals surface area contributed by atoms with Crippen LogP contribution in [-0.2, 0) is 20.7 Å². The molecule has 0 saturated heterocycles. The highest BCUT2D eigenvalue weighted by atomic mass is 32.2. The van der Waals surface area contributed by atoms with Gasteiger partial charge in [-0.05, 0) is 50.8 Å². The van der Waals surface area contributed by atoms with Gasteiger partial charge >= 0.3 is 12.0 Å². The number of rotatable bonds is 7. The summed E-state index contributed by atoms with van der Waals surface area (Å²) in [6, 6.07) is -0.465. The van der Waals surface area contributed by atoms with Gasteiger partial charge in [0.2, 0.25) is 0 Å². The van der Waals surface area contributed by atoms with Crippen LogP contribution in [0.4, 0.5) is 4.79 Å². The van der Waals surface area contributed by atoms with Crippen LogP contribution in [0.3, 0.4) is 0 Å². The second-order valence-electron chi connectivity index (χ2n) is 7.41. The van der Waals surface area contributed by atoms with Crippen LogP contribution in [0.1, 0.15) is 56.0 Å². The molecule has 3 amide bonds. The number of esters is 1. The van der Waals surface area contributed by atoms with E-state index in [2.05, 4.69) is 27.5 Å². The summed E-state index contributed by atoms with van der Waals surface area (Å²) in [7, 11) is 0. The van der Waals surface area contributed by atoms with Crippen molar-refractivity contribution in [3.63, 3.8) is 0 Å². The molecule has 29 heavy (non-hydrogen) atoms. The van der Waals surface area contributed by atoms with Crippen molar-refractivity contribution in [3.05, 3.63) is 17.0 Å². The van der Waals surface area contributed by atoms with Crippen LogP contribution in [0.25, 0.3) is 0 Å². The van der Waals surface area contributed by atoms with Gasteiger partial charge in [-0.1, -0.05) is 31.5 Å². The molecule has 9 heteroatoms. The summed E-state index contributed by atoms with van der Waals surface area (Å²) in [6.45, 7) is 5.38. The van der Waals surface area contributed by atoms with E-state index in [-0.39, 0.29) is 12.5 Å². The van der Waals surface area contributed by atoms with Crippen LogP contribution in [-0.4, -0.2) is 46.8 Å². The van der Waals surface area contributed by atoms with Crippen molar-refractivity contribution in [3.8, 4) is 0 Å². The number of hydrogen-bond acceptors (Lipinski definition) is 7. The van der Waals surface area contributed by atoms with Gasteiger partial charge in [-0.15, -0.1) is 0 Å². The number of imide groups is 1. The van der Waals surface area contributed by atoms with Crippen molar-refractivity contribution in [2.45, 2.75) is 70.5 Å². The molecule has 1 aliphatic carbocycles. The molecule has 1 fully saturated rings. The molecule has 1 heterocycles. The Morgan fingerprint density at radius 1 is 1.14 bits per heavy atom. The second kappa shape index (κ2) is 11.1. The first kappa shape index (κ1) is 23.1. The summed E-state index contributed by atoms with van der Waals surface area (Å²) < 4.78 is 4.99. The maximum atomic E-state index is 12.0. The molecule has 0 bridgehead atoms. The summed E-state index contributed by atoms with van der Waals surface area (Å²) in [5.74, 6) is -0.753. The van der Waals surface area contributed by atoms with Gasteiger partial charge in [-0.2, -0.15) is 0 Å². The van der Waals surface area contributed by atoms with Gasteiger partial charge in [0, 0.05) is 23.9 Å². The molecule has 0 unspecified atom stereocenters. The fourth-order valence-corrected chi connectivity index (χ4v) is 3.96. The molecular weight excluding hydrogens is 392 g/mol. The van der Waals surface area contributed by atoms with E-state index in [1.165, 1.54) is 18.2 Å². The Morgan fingerprint density at radius 3 is 2.41 bits per heavy atom. The van der Waals surface area contributed by atoms with E-state index in [0.29, 0.717) is 17.5 Å². The van der Waals surface area contributed by atoms with Crippen LogP contribution in [0, 0.1) is 19.8 Å². The molecule has 2 N–H and O–H groups in total. The maximum absolute atomic E-state index is 12.0. The van der Waals surface area contributed by atoms with Gasteiger partial charge in [0.15, 0.2) is 11.8 Å². The van der Waals surface area contributed by atoms with Crippen molar-refractivity contribution in [1.82, 2.24) is 20.6 Å². The van der Waals surface area contributed by atoms with E-state index in [4.69, 9.17) is 4.74 Å². The van der Waals surface area contributed by atoms with Crippen molar-refractivity contribution >= 4 is 29.7 Å². The number of nitrogens with zero attached hydrogens (tertiary/aromatic N) is 2. The van der Waals surface area contributed by atoms with Gasteiger partial charge in [0.1, 0.15) is 0 Å². The molecular formula is C20H30N4O4S. The van der Waals surface area contributed by atoms with E-state index < -0.39 is 24.5 Å². The van der Waals surface area contributed by atoms with E-state index in [1.54, 1.807) is 0 Å². The number of ether oxygens (including phenoxy) is 1. The normalized spacial score (nSPS) is 18.8. The van der Waals surface area contributed by atoms with Gasteiger partial charge in [0.05, 0.1) is 0 Å². The number of nitrogens with one attached hydrogen (secondary N) is 2. The van der Waals surface area contributed by atoms with Crippen molar-refractivity contribution in [1.29, 1.82) is 0 Å². The third-order valence-electron chi connectivity index (χ3n) is 5.21. The number of thioether (sulfide) groups is 1. The highest BCUT2D eigenvalue weighted by Crippen LogP contribution is 2.23. The lowest BCUT2D eigenvalue weighted by atomic mass is 9.86. The van der Waals surface area contributed by atoms with Crippen LogP contribution in [0.5, 0.6) is 0 Å². The lowest BCUT2D eigenvalue weighted by Crippen LogP contribution is -2.48. The van der Waals surface area contributed by atoms with E-state index in [1.807, 2.05) is 20.1 Å². The van der Waals surface area contributed by atoms with E-state index >= 15 is 0 Å². The SMILES string of the molecule is CSc1nc(C)c(CCC(=O)OCC(=O)NC(=O)N[C@@H]2CCCC[C@H]2C)c(C)n1. The van der Waals surface area contributed by atoms with Gasteiger partial charge in [-0.3, -0.25) is 14.9 Å². The molecule has 0 radical (unpaired) electrons. The zero-order valence-electron chi connectivity index (χ0n) is 17.5. The Balaban J connectivity index is 1.72. The molecule has 1 saturated carbocycles. The average Bonchev–Trinajstić information content (AvgIpc) is 2.67. The third kappa shape index (κ3) is 7.30. The first-order valence-electron chi connectivity index (χ1n) is 9.94. The monoisotopic (exact) mass is 422 g/mol. The third-order valence-corrected chi connectivity index (χ3v) is 5.75. The quantitative estimate of drug-likeness (QED) is 0.395. The molecule has 0 aromatic carbocycles. The summed E-state index contributed by atoms with van der Waals surface area (Å²) in [5.41, 5.74) is 2.58. The minimum Gasteiger partial charge on any atom is -0.456 e. The van der Waals surface area contributed by atoms with Crippen LogP contribution in [0.15, 0.2) is 5.16 Å². The predicted octanol–water partition coefficient (Wildman–Crippen LogP) is 2.70. The Bertz CT molecular complexity index is 733. The topological polar surface area (TPSA) is 110 Å². The molecule has 1 aliphatic rings. The maximum Gasteiger partial charge on any atom is 0.321 e. The number of carbonyl (C=O) groups excluding carboxylic acids is 3. The van der Waals surface area contributed by atoms with Gasteiger partial charge in [0.25, 0.3) is 5.91 Å². The standard InChI is InChI=1S/C20H30N4O4S/c1-12-7-5-6-8-16(12)23-19(27)24-17(25)11-28-18(26)10-9-15-13(2)21-20(29-4)22-14(15)3/h12,16H,5-11H2,1-4H3,(H2,23,24,25,27)/t12-,16-/m1/s1. The molecule has 160 valence electrons.